The van der Waals surface area contributed by atoms with Crippen molar-refractivity contribution in [2.75, 3.05) is 20.8 Å². The van der Waals surface area contributed by atoms with Crippen molar-refractivity contribution in [2.45, 2.75) is 13.0 Å². The monoisotopic (exact) mass is 349 g/mol. The molecule has 0 aliphatic heterocycles. The number of benzene rings is 1. The molecule has 128 valence electrons. The number of hydrogen-bond acceptors (Lipinski definition) is 6. The van der Waals surface area contributed by atoms with Crippen LogP contribution in [-0.4, -0.2) is 32.7 Å². The molecule has 1 atom stereocenters. The molecule has 6 nitrogen and oxygen atoms in total. The molecule has 0 aliphatic carbocycles. The van der Waals surface area contributed by atoms with Gasteiger partial charge in [-0.3, -0.25) is 4.79 Å². The summed E-state index contributed by atoms with van der Waals surface area (Å²) in [5.41, 5.74) is 0.154. The standard InChI is InChI=1S/C17H19NO5S/c1-11(14-8-5-9-24-14)18-15(19)10-23-17(20)16-12(21-2)6-4-7-13(16)22-3/h4-9,11H,10H2,1-3H3,(H,18,19)/t11-/m1/s1. The van der Waals surface area contributed by atoms with Gasteiger partial charge in [0.05, 0.1) is 20.3 Å². The van der Waals surface area contributed by atoms with Crippen molar-refractivity contribution in [3.63, 3.8) is 0 Å². The maximum absolute atomic E-state index is 12.3. The first-order valence-corrected chi connectivity index (χ1v) is 8.15. The van der Waals surface area contributed by atoms with Gasteiger partial charge < -0.3 is 19.5 Å². The average molecular weight is 349 g/mol. The zero-order valence-corrected chi connectivity index (χ0v) is 14.5. The van der Waals surface area contributed by atoms with Gasteiger partial charge in [0.25, 0.3) is 5.91 Å². The molecule has 1 heterocycles. The second-order valence-corrected chi connectivity index (χ2v) is 5.90. The van der Waals surface area contributed by atoms with Crippen LogP contribution in [0.15, 0.2) is 35.7 Å². The van der Waals surface area contributed by atoms with E-state index in [4.69, 9.17) is 14.2 Å². The van der Waals surface area contributed by atoms with E-state index < -0.39 is 5.97 Å². The first-order valence-electron chi connectivity index (χ1n) is 7.27. The van der Waals surface area contributed by atoms with Crippen LogP contribution in [0.3, 0.4) is 0 Å². The molecule has 2 aromatic rings. The molecular weight excluding hydrogens is 330 g/mol. The lowest BCUT2D eigenvalue weighted by atomic mass is 10.2. The largest absolute Gasteiger partial charge is 0.496 e. The molecule has 1 N–H and O–H groups in total. The third-order valence-corrected chi connectivity index (χ3v) is 4.37. The summed E-state index contributed by atoms with van der Waals surface area (Å²) in [6.45, 7) is 1.49. The minimum absolute atomic E-state index is 0.142. The zero-order valence-electron chi connectivity index (χ0n) is 13.7. The van der Waals surface area contributed by atoms with Crippen LogP contribution >= 0.6 is 11.3 Å². The van der Waals surface area contributed by atoms with E-state index in [1.165, 1.54) is 14.2 Å². The molecule has 2 rings (SSSR count). The second-order valence-electron chi connectivity index (χ2n) is 4.92. The summed E-state index contributed by atoms with van der Waals surface area (Å²) in [6.07, 6.45) is 0. The number of nitrogens with one attached hydrogen (secondary N) is 1. The third-order valence-electron chi connectivity index (χ3n) is 3.31. The Balaban J connectivity index is 1.97. The Morgan fingerprint density at radius 2 is 1.79 bits per heavy atom. The van der Waals surface area contributed by atoms with E-state index in [0.717, 1.165) is 4.88 Å². The van der Waals surface area contributed by atoms with E-state index in [-0.39, 0.29) is 24.1 Å². The van der Waals surface area contributed by atoms with Gasteiger partial charge in [-0.25, -0.2) is 4.79 Å². The molecule has 1 aromatic heterocycles. The molecule has 7 heteroatoms. The van der Waals surface area contributed by atoms with Crippen LogP contribution in [0, 0.1) is 0 Å². The Kier molecular flexibility index (Phi) is 6.20. The Morgan fingerprint density at radius 3 is 2.33 bits per heavy atom. The topological polar surface area (TPSA) is 73.9 Å². The van der Waals surface area contributed by atoms with Gasteiger partial charge in [0.2, 0.25) is 0 Å². The van der Waals surface area contributed by atoms with E-state index in [9.17, 15) is 9.59 Å². The van der Waals surface area contributed by atoms with Crippen molar-refractivity contribution < 1.29 is 23.8 Å². The maximum Gasteiger partial charge on any atom is 0.346 e. The predicted octanol–water partition coefficient (Wildman–Crippen LogP) is 2.80. The van der Waals surface area contributed by atoms with Gasteiger partial charge in [0.15, 0.2) is 6.61 Å². The van der Waals surface area contributed by atoms with Crippen LogP contribution in [0.25, 0.3) is 0 Å². The lowest BCUT2D eigenvalue weighted by Crippen LogP contribution is -2.30. The van der Waals surface area contributed by atoms with Crippen molar-refractivity contribution in [2.24, 2.45) is 0 Å². The average Bonchev–Trinajstić information content (AvgIpc) is 3.13. The summed E-state index contributed by atoms with van der Waals surface area (Å²) < 4.78 is 15.4. The number of carbonyl (C=O) groups excluding carboxylic acids is 2. The van der Waals surface area contributed by atoms with E-state index in [1.54, 1.807) is 29.5 Å². The highest BCUT2D eigenvalue weighted by atomic mass is 32.1. The van der Waals surface area contributed by atoms with Crippen LogP contribution < -0.4 is 14.8 Å². The van der Waals surface area contributed by atoms with Crippen LogP contribution in [0.1, 0.15) is 28.2 Å². The zero-order chi connectivity index (χ0) is 17.5. The molecule has 0 spiro atoms. The summed E-state index contributed by atoms with van der Waals surface area (Å²) in [4.78, 5) is 25.2. The molecule has 0 saturated heterocycles. The Hall–Kier alpha value is -2.54. The Bertz CT molecular complexity index is 677. The van der Waals surface area contributed by atoms with E-state index in [1.807, 2.05) is 24.4 Å². The van der Waals surface area contributed by atoms with Crippen LogP contribution in [-0.2, 0) is 9.53 Å². The molecule has 1 aromatic carbocycles. The van der Waals surface area contributed by atoms with Gasteiger partial charge in [-0.15, -0.1) is 11.3 Å². The molecule has 1 amide bonds. The predicted molar refractivity (Wildman–Crippen MR) is 90.7 cm³/mol. The SMILES string of the molecule is COc1cccc(OC)c1C(=O)OCC(=O)N[C@H](C)c1cccs1. The fraction of sp³-hybridized carbons (Fsp3) is 0.294. The van der Waals surface area contributed by atoms with Crippen LogP contribution in [0.4, 0.5) is 0 Å². The lowest BCUT2D eigenvalue weighted by Gasteiger charge is -2.14. The summed E-state index contributed by atoms with van der Waals surface area (Å²) in [5.74, 6) is -0.403. The number of amides is 1. The van der Waals surface area contributed by atoms with E-state index >= 15 is 0 Å². The highest BCUT2D eigenvalue weighted by molar-refractivity contribution is 7.10. The van der Waals surface area contributed by atoms with Gasteiger partial charge in [-0.2, -0.15) is 0 Å². The molecule has 0 fully saturated rings. The molecule has 0 saturated carbocycles. The normalized spacial score (nSPS) is 11.5. The summed E-state index contributed by atoms with van der Waals surface area (Å²) in [7, 11) is 2.89. The van der Waals surface area contributed by atoms with Crippen molar-refractivity contribution in [1.82, 2.24) is 5.32 Å². The number of methoxy groups -OCH3 is 2. The number of thiophene rings is 1. The van der Waals surface area contributed by atoms with Crippen LogP contribution in [0.5, 0.6) is 11.5 Å². The lowest BCUT2D eigenvalue weighted by molar-refractivity contribution is -0.124. The number of hydrogen-bond donors (Lipinski definition) is 1. The number of rotatable bonds is 7. The van der Waals surface area contributed by atoms with Crippen molar-refractivity contribution in [3.8, 4) is 11.5 Å². The van der Waals surface area contributed by atoms with Gasteiger partial charge >= 0.3 is 5.97 Å². The number of esters is 1. The second kappa shape index (κ2) is 8.35. The van der Waals surface area contributed by atoms with Gasteiger partial charge in [-0.1, -0.05) is 12.1 Å². The van der Waals surface area contributed by atoms with Crippen molar-refractivity contribution in [1.29, 1.82) is 0 Å². The summed E-state index contributed by atoms with van der Waals surface area (Å²) >= 11 is 1.55. The summed E-state index contributed by atoms with van der Waals surface area (Å²) in [5, 5.41) is 4.71. The first-order chi connectivity index (χ1) is 11.6. The minimum Gasteiger partial charge on any atom is -0.496 e. The number of carbonyl (C=O) groups is 2. The van der Waals surface area contributed by atoms with Gasteiger partial charge in [0.1, 0.15) is 17.1 Å². The molecule has 0 unspecified atom stereocenters. The Morgan fingerprint density at radius 1 is 1.12 bits per heavy atom. The van der Waals surface area contributed by atoms with Crippen molar-refractivity contribution >= 4 is 23.2 Å². The molecule has 0 radical (unpaired) electrons. The summed E-state index contributed by atoms with van der Waals surface area (Å²) in [6, 6.07) is 8.65. The fourth-order valence-electron chi connectivity index (χ4n) is 2.15. The van der Waals surface area contributed by atoms with Crippen LogP contribution in [0.2, 0.25) is 0 Å². The number of ether oxygens (including phenoxy) is 3. The highest BCUT2D eigenvalue weighted by Crippen LogP contribution is 2.28. The van der Waals surface area contributed by atoms with Crippen molar-refractivity contribution in [3.05, 3.63) is 46.2 Å². The molecule has 24 heavy (non-hydrogen) atoms. The fourth-order valence-corrected chi connectivity index (χ4v) is 2.88. The Labute approximate surface area is 144 Å². The van der Waals surface area contributed by atoms with Gasteiger partial charge in [0, 0.05) is 4.88 Å². The van der Waals surface area contributed by atoms with E-state index in [0.29, 0.717) is 11.5 Å². The molecular formula is C17H19NO5S. The third kappa shape index (κ3) is 4.26. The first kappa shape index (κ1) is 17.8. The van der Waals surface area contributed by atoms with Gasteiger partial charge in [-0.05, 0) is 30.5 Å². The smallest absolute Gasteiger partial charge is 0.346 e. The quantitative estimate of drug-likeness (QED) is 0.778. The molecule has 0 aliphatic rings. The minimum atomic E-state index is -0.678. The molecule has 0 bridgehead atoms. The maximum atomic E-state index is 12.3. The highest BCUT2D eigenvalue weighted by Gasteiger charge is 2.21. The van der Waals surface area contributed by atoms with E-state index in [2.05, 4.69) is 5.32 Å².